The molecular formula is C11H20N2O. The highest BCUT2D eigenvalue weighted by molar-refractivity contribution is 5.82. The second kappa shape index (κ2) is 3.23. The number of nitrogens with one attached hydrogen (secondary N) is 1. The Morgan fingerprint density at radius 2 is 2.14 bits per heavy atom. The molecule has 3 nitrogen and oxygen atoms in total. The molecule has 0 aromatic heterocycles. The van der Waals surface area contributed by atoms with Crippen molar-refractivity contribution in [2.24, 2.45) is 11.3 Å². The standard InChI is InChI=1S/C11H20N2O/c1-8-7-13(5-4-12-8)10(14)9-6-11(9,2)3/h8-9,12H,4-7H2,1-3H3/t8-,9?/m1/s1. The third kappa shape index (κ3) is 1.78. The monoisotopic (exact) mass is 196 g/mol. The minimum Gasteiger partial charge on any atom is -0.340 e. The lowest BCUT2D eigenvalue weighted by atomic mass is 10.1. The first-order valence-corrected chi connectivity index (χ1v) is 5.53. The van der Waals surface area contributed by atoms with Crippen LogP contribution >= 0.6 is 0 Å². The van der Waals surface area contributed by atoms with E-state index in [1.807, 2.05) is 4.90 Å². The van der Waals surface area contributed by atoms with Gasteiger partial charge in [-0.25, -0.2) is 0 Å². The van der Waals surface area contributed by atoms with Crippen LogP contribution in [0.15, 0.2) is 0 Å². The van der Waals surface area contributed by atoms with Crippen LogP contribution in [0.4, 0.5) is 0 Å². The number of nitrogens with zero attached hydrogens (tertiary/aromatic N) is 1. The molecule has 0 aromatic rings. The Morgan fingerprint density at radius 3 is 2.64 bits per heavy atom. The summed E-state index contributed by atoms with van der Waals surface area (Å²) in [6.45, 7) is 9.21. The topological polar surface area (TPSA) is 32.3 Å². The highest BCUT2D eigenvalue weighted by Gasteiger charge is 2.52. The number of rotatable bonds is 1. The van der Waals surface area contributed by atoms with Crippen LogP contribution in [0.1, 0.15) is 27.2 Å². The van der Waals surface area contributed by atoms with Gasteiger partial charge in [0.25, 0.3) is 0 Å². The van der Waals surface area contributed by atoms with Gasteiger partial charge in [0.15, 0.2) is 0 Å². The zero-order valence-corrected chi connectivity index (χ0v) is 9.34. The third-order valence-electron chi connectivity index (χ3n) is 3.49. The largest absolute Gasteiger partial charge is 0.340 e. The average molecular weight is 196 g/mol. The summed E-state index contributed by atoms with van der Waals surface area (Å²) in [5, 5.41) is 3.35. The van der Waals surface area contributed by atoms with Crippen LogP contribution in [-0.2, 0) is 4.79 Å². The summed E-state index contributed by atoms with van der Waals surface area (Å²) >= 11 is 0. The van der Waals surface area contributed by atoms with Gasteiger partial charge in [0.05, 0.1) is 0 Å². The van der Waals surface area contributed by atoms with E-state index in [0.29, 0.717) is 17.9 Å². The second-order valence-electron chi connectivity index (χ2n) is 5.38. The van der Waals surface area contributed by atoms with Crippen molar-refractivity contribution in [3.63, 3.8) is 0 Å². The fourth-order valence-corrected chi connectivity index (χ4v) is 2.24. The first-order chi connectivity index (χ1) is 6.50. The summed E-state index contributed by atoms with van der Waals surface area (Å²) in [5.41, 5.74) is 0.269. The highest BCUT2D eigenvalue weighted by Crippen LogP contribution is 2.52. The molecule has 0 bridgehead atoms. The second-order valence-corrected chi connectivity index (χ2v) is 5.38. The summed E-state index contributed by atoms with van der Waals surface area (Å²) in [6, 6.07) is 0.453. The normalized spacial score (nSPS) is 35.5. The average Bonchev–Trinajstić information content (AvgIpc) is 2.74. The molecule has 3 heteroatoms. The van der Waals surface area contributed by atoms with Crippen molar-refractivity contribution in [3.05, 3.63) is 0 Å². The van der Waals surface area contributed by atoms with E-state index in [9.17, 15) is 4.79 Å². The first kappa shape index (κ1) is 9.97. The number of hydrogen-bond donors (Lipinski definition) is 1. The molecule has 1 unspecified atom stereocenters. The number of carbonyl (C=O) groups is 1. The first-order valence-electron chi connectivity index (χ1n) is 5.53. The van der Waals surface area contributed by atoms with E-state index < -0.39 is 0 Å². The molecule has 0 aromatic carbocycles. The van der Waals surface area contributed by atoms with Gasteiger partial charge in [-0.05, 0) is 18.8 Å². The molecule has 1 heterocycles. The predicted molar refractivity (Wildman–Crippen MR) is 55.9 cm³/mol. The van der Waals surface area contributed by atoms with Crippen molar-refractivity contribution in [2.75, 3.05) is 19.6 Å². The van der Waals surface area contributed by atoms with Crippen molar-refractivity contribution >= 4 is 5.91 Å². The predicted octanol–water partition coefficient (Wildman–Crippen LogP) is 0.853. The van der Waals surface area contributed by atoms with Gasteiger partial charge >= 0.3 is 0 Å². The van der Waals surface area contributed by atoms with Crippen LogP contribution < -0.4 is 5.32 Å². The molecule has 2 fully saturated rings. The molecule has 2 aliphatic rings. The molecule has 2 rings (SSSR count). The van der Waals surface area contributed by atoms with E-state index in [2.05, 4.69) is 26.1 Å². The Bertz CT molecular complexity index is 250. The van der Waals surface area contributed by atoms with E-state index in [1.165, 1.54) is 0 Å². The number of carbonyl (C=O) groups excluding carboxylic acids is 1. The van der Waals surface area contributed by atoms with Gasteiger partial charge in [0.2, 0.25) is 5.91 Å². The molecule has 1 aliphatic carbocycles. The van der Waals surface area contributed by atoms with Crippen LogP contribution in [0, 0.1) is 11.3 Å². The van der Waals surface area contributed by atoms with Crippen molar-refractivity contribution in [1.82, 2.24) is 10.2 Å². The van der Waals surface area contributed by atoms with Gasteiger partial charge in [0.1, 0.15) is 0 Å². The van der Waals surface area contributed by atoms with Crippen molar-refractivity contribution in [3.8, 4) is 0 Å². The maximum Gasteiger partial charge on any atom is 0.226 e. The van der Waals surface area contributed by atoms with Gasteiger partial charge in [-0.15, -0.1) is 0 Å². The van der Waals surface area contributed by atoms with Gasteiger partial charge in [-0.2, -0.15) is 0 Å². The summed E-state index contributed by atoms with van der Waals surface area (Å²) in [6.07, 6.45) is 1.07. The zero-order chi connectivity index (χ0) is 10.3. The van der Waals surface area contributed by atoms with Crippen molar-refractivity contribution < 1.29 is 4.79 Å². The van der Waals surface area contributed by atoms with Crippen LogP contribution in [0.25, 0.3) is 0 Å². The van der Waals surface area contributed by atoms with Gasteiger partial charge in [0, 0.05) is 31.6 Å². The minimum atomic E-state index is 0.269. The lowest BCUT2D eigenvalue weighted by Gasteiger charge is -2.32. The fourth-order valence-electron chi connectivity index (χ4n) is 2.24. The SMILES string of the molecule is C[C@@H]1CN(C(=O)C2CC2(C)C)CCN1. The summed E-state index contributed by atoms with van der Waals surface area (Å²) in [4.78, 5) is 14.0. The van der Waals surface area contributed by atoms with Crippen LogP contribution in [0.5, 0.6) is 0 Å². The third-order valence-corrected chi connectivity index (χ3v) is 3.49. The van der Waals surface area contributed by atoms with E-state index in [1.54, 1.807) is 0 Å². The fraction of sp³-hybridized carbons (Fsp3) is 0.909. The van der Waals surface area contributed by atoms with Gasteiger partial charge in [-0.3, -0.25) is 4.79 Å². The molecule has 1 saturated carbocycles. The van der Waals surface area contributed by atoms with Crippen LogP contribution in [0.3, 0.4) is 0 Å². The molecule has 0 radical (unpaired) electrons. The van der Waals surface area contributed by atoms with Gasteiger partial charge < -0.3 is 10.2 Å². The lowest BCUT2D eigenvalue weighted by Crippen LogP contribution is -2.52. The minimum absolute atomic E-state index is 0.269. The Labute approximate surface area is 85.8 Å². The maximum absolute atomic E-state index is 12.0. The molecule has 0 spiro atoms. The molecule has 14 heavy (non-hydrogen) atoms. The van der Waals surface area contributed by atoms with E-state index in [0.717, 1.165) is 26.1 Å². The van der Waals surface area contributed by atoms with Crippen molar-refractivity contribution in [2.45, 2.75) is 33.2 Å². The molecule has 1 N–H and O–H groups in total. The van der Waals surface area contributed by atoms with Gasteiger partial charge in [-0.1, -0.05) is 13.8 Å². The molecule has 1 saturated heterocycles. The Morgan fingerprint density at radius 1 is 1.50 bits per heavy atom. The maximum atomic E-state index is 12.0. The van der Waals surface area contributed by atoms with Crippen LogP contribution in [0.2, 0.25) is 0 Å². The summed E-state index contributed by atoms with van der Waals surface area (Å²) in [5.74, 6) is 0.677. The molecule has 80 valence electrons. The Kier molecular flexibility index (Phi) is 2.30. The van der Waals surface area contributed by atoms with E-state index in [4.69, 9.17) is 0 Å². The van der Waals surface area contributed by atoms with Crippen LogP contribution in [-0.4, -0.2) is 36.5 Å². The number of piperazine rings is 1. The molecule has 1 amide bonds. The molecule has 1 aliphatic heterocycles. The Hall–Kier alpha value is -0.570. The zero-order valence-electron chi connectivity index (χ0n) is 9.34. The summed E-state index contributed by atoms with van der Waals surface area (Å²) in [7, 11) is 0. The molecular weight excluding hydrogens is 176 g/mol. The van der Waals surface area contributed by atoms with E-state index in [-0.39, 0.29) is 5.41 Å². The van der Waals surface area contributed by atoms with E-state index >= 15 is 0 Å². The molecule has 2 atom stereocenters. The highest BCUT2D eigenvalue weighted by atomic mass is 16.2. The summed E-state index contributed by atoms with van der Waals surface area (Å²) < 4.78 is 0. The lowest BCUT2D eigenvalue weighted by molar-refractivity contribution is -0.134. The van der Waals surface area contributed by atoms with Crippen molar-refractivity contribution in [1.29, 1.82) is 0 Å². The quantitative estimate of drug-likeness (QED) is 0.674. The number of hydrogen-bond acceptors (Lipinski definition) is 2. The number of amides is 1. The Balaban J connectivity index is 1.92. The smallest absolute Gasteiger partial charge is 0.226 e.